The quantitative estimate of drug-likeness (QED) is 0.604. The molecule has 0 aliphatic carbocycles. The maximum atomic E-state index is 11.3. The number of primary amides is 1. The zero-order valence-corrected chi connectivity index (χ0v) is 14.1. The van der Waals surface area contributed by atoms with Crippen LogP contribution < -0.4 is 17.2 Å². The molecule has 1 unspecified atom stereocenters. The van der Waals surface area contributed by atoms with Crippen molar-refractivity contribution in [2.45, 2.75) is 19.3 Å². The number of carbonyl (C=O) groups excluding carboxylic acids is 1. The third-order valence-corrected chi connectivity index (χ3v) is 3.82. The maximum Gasteiger partial charge on any atom is 0.248 e. The van der Waals surface area contributed by atoms with Gasteiger partial charge in [0.05, 0.1) is 6.20 Å². The molecular formula is C18H17N7O. The van der Waals surface area contributed by atoms with Crippen LogP contribution >= 0.6 is 0 Å². The van der Waals surface area contributed by atoms with Gasteiger partial charge in [0, 0.05) is 12.0 Å². The summed E-state index contributed by atoms with van der Waals surface area (Å²) in [5.74, 6) is 5.93. The third kappa shape index (κ3) is 3.67. The number of rotatable bonds is 3. The average molecular weight is 347 g/mol. The molecule has 2 heterocycles. The molecule has 1 aromatic carbocycles. The molecule has 0 aliphatic rings. The van der Waals surface area contributed by atoms with Gasteiger partial charge in [-0.05, 0) is 29.5 Å². The van der Waals surface area contributed by atoms with Crippen molar-refractivity contribution in [1.29, 1.82) is 0 Å². The molecule has 3 rings (SSSR count). The van der Waals surface area contributed by atoms with Gasteiger partial charge in [-0.25, -0.2) is 9.97 Å². The summed E-state index contributed by atoms with van der Waals surface area (Å²) in [5, 5.41) is 0. The number of aromatic nitrogens is 4. The van der Waals surface area contributed by atoms with E-state index in [1.54, 1.807) is 12.1 Å². The maximum absolute atomic E-state index is 11.3. The highest BCUT2D eigenvalue weighted by atomic mass is 16.1. The summed E-state index contributed by atoms with van der Waals surface area (Å²) >= 11 is 0. The Bertz CT molecular complexity index is 1050. The van der Waals surface area contributed by atoms with Crippen molar-refractivity contribution < 1.29 is 4.79 Å². The number of carbonyl (C=O) groups is 1. The smallest absolute Gasteiger partial charge is 0.248 e. The van der Waals surface area contributed by atoms with Gasteiger partial charge in [-0.15, -0.1) is 0 Å². The van der Waals surface area contributed by atoms with Gasteiger partial charge in [-0.3, -0.25) is 4.79 Å². The van der Waals surface area contributed by atoms with Gasteiger partial charge in [-0.1, -0.05) is 25.0 Å². The summed E-state index contributed by atoms with van der Waals surface area (Å²) in [6, 6.07) is 7.22. The Labute approximate surface area is 149 Å². The molecule has 6 N–H and O–H groups in total. The van der Waals surface area contributed by atoms with Crippen molar-refractivity contribution in [3.8, 4) is 11.8 Å². The Morgan fingerprint density at radius 1 is 1.23 bits per heavy atom. The van der Waals surface area contributed by atoms with Crippen LogP contribution in [0.3, 0.4) is 0 Å². The van der Waals surface area contributed by atoms with E-state index in [2.05, 4.69) is 31.8 Å². The summed E-state index contributed by atoms with van der Waals surface area (Å²) in [7, 11) is 0. The monoisotopic (exact) mass is 347 g/mol. The number of benzene rings is 1. The second kappa shape index (κ2) is 7.03. The first-order valence-corrected chi connectivity index (χ1v) is 7.88. The van der Waals surface area contributed by atoms with Crippen LogP contribution in [0, 0.1) is 11.8 Å². The fourth-order valence-corrected chi connectivity index (χ4v) is 2.42. The first kappa shape index (κ1) is 17.1. The van der Waals surface area contributed by atoms with E-state index in [-0.39, 0.29) is 17.7 Å². The van der Waals surface area contributed by atoms with Crippen molar-refractivity contribution in [2.24, 2.45) is 5.73 Å². The standard InChI is InChI=1S/C18H17N7O/c1-10(11-5-3-6-12(8-11)16(20)26)4-2-7-13-9-22-17-14(23-13)15(19)24-18(21)25-17/h3,5-6,8-10H,4H2,1H3,(H2,20,26)(H4,19,21,22,24,25). The normalized spacial score (nSPS) is 11.6. The molecule has 8 heteroatoms. The lowest BCUT2D eigenvalue weighted by atomic mass is 9.96. The number of hydrogen-bond acceptors (Lipinski definition) is 7. The van der Waals surface area contributed by atoms with Crippen LogP contribution in [0.4, 0.5) is 11.8 Å². The first-order chi connectivity index (χ1) is 12.4. The summed E-state index contributed by atoms with van der Waals surface area (Å²) in [6.45, 7) is 2.02. The minimum absolute atomic E-state index is 0.0511. The van der Waals surface area contributed by atoms with E-state index in [1.807, 2.05) is 19.1 Å². The van der Waals surface area contributed by atoms with Crippen LogP contribution in [0.2, 0.25) is 0 Å². The Morgan fingerprint density at radius 3 is 2.81 bits per heavy atom. The lowest BCUT2D eigenvalue weighted by Gasteiger charge is -2.09. The number of hydrogen-bond donors (Lipinski definition) is 3. The van der Waals surface area contributed by atoms with E-state index in [0.29, 0.717) is 28.8 Å². The number of fused-ring (bicyclic) bond motifs is 1. The topological polar surface area (TPSA) is 147 Å². The highest BCUT2D eigenvalue weighted by Crippen LogP contribution is 2.19. The Balaban J connectivity index is 1.78. The fourth-order valence-electron chi connectivity index (χ4n) is 2.42. The van der Waals surface area contributed by atoms with Crippen molar-refractivity contribution in [2.75, 3.05) is 11.5 Å². The van der Waals surface area contributed by atoms with Crippen LogP contribution in [-0.4, -0.2) is 25.8 Å². The van der Waals surface area contributed by atoms with E-state index < -0.39 is 5.91 Å². The first-order valence-electron chi connectivity index (χ1n) is 7.88. The molecule has 8 nitrogen and oxygen atoms in total. The zero-order chi connectivity index (χ0) is 18.7. The van der Waals surface area contributed by atoms with Crippen molar-refractivity contribution in [1.82, 2.24) is 19.9 Å². The van der Waals surface area contributed by atoms with E-state index >= 15 is 0 Å². The SMILES string of the molecule is CC(CC#Cc1cnc2nc(N)nc(N)c2n1)c1cccc(C(N)=O)c1. The van der Waals surface area contributed by atoms with Crippen LogP contribution in [0.15, 0.2) is 30.5 Å². The number of nitrogen functional groups attached to an aromatic ring is 2. The van der Waals surface area contributed by atoms with Gasteiger partial charge < -0.3 is 17.2 Å². The molecule has 0 radical (unpaired) electrons. The van der Waals surface area contributed by atoms with Crippen LogP contribution in [0.1, 0.15) is 40.9 Å². The minimum atomic E-state index is -0.447. The van der Waals surface area contributed by atoms with Crippen LogP contribution in [-0.2, 0) is 0 Å². The molecule has 2 aromatic heterocycles. The fraction of sp³-hybridized carbons (Fsp3) is 0.167. The molecule has 1 amide bonds. The minimum Gasteiger partial charge on any atom is -0.382 e. The number of anilines is 2. The summed E-state index contributed by atoms with van der Waals surface area (Å²) in [6.07, 6.45) is 2.09. The number of nitrogens with two attached hydrogens (primary N) is 3. The molecular weight excluding hydrogens is 330 g/mol. The van der Waals surface area contributed by atoms with Gasteiger partial charge in [-0.2, -0.15) is 9.97 Å². The highest BCUT2D eigenvalue weighted by Gasteiger charge is 2.08. The van der Waals surface area contributed by atoms with Crippen molar-refractivity contribution in [3.05, 3.63) is 47.3 Å². The van der Waals surface area contributed by atoms with E-state index in [9.17, 15) is 4.79 Å². The molecule has 1 atom stereocenters. The Hall–Kier alpha value is -3.73. The van der Waals surface area contributed by atoms with Gasteiger partial charge in [0.25, 0.3) is 0 Å². The van der Waals surface area contributed by atoms with Crippen molar-refractivity contribution in [3.63, 3.8) is 0 Å². The van der Waals surface area contributed by atoms with Gasteiger partial charge in [0.1, 0.15) is 5.69 Å². The summed E-state index contributed by atoms with van der Waals surface area (Å²) in [4.78, 5) is 27.6. The largest absolute Gasteiger partial charge is 0.382 e. The number of nitrogens with zero attached hydrogens (tertiary/aromatic N) is 4. The molecule has 0 saturated carbocycles. The number of amides is 1. The lowest BCUT2D eigenvalue weighted by molar-refractivity contribution is 0.1000. The lowest BCUT2D eigenvalue weighted by Crippen LogP contribution is -2.11. The molecule has 0 saturated heterocycles. The summed E-state index contributed by atoms with van der Waals surface area (Å²) < 4.78 is 0. The molecule has 3 aromatic rings. The van der Waals surface area contributed by atoms with E-state index in [1.165, 1.54) is 6.20 Å². The van der Waals surface area contributed by atoms with Crippen molar-refractivity contribution >= 4 is 28.8 Å². The van der Waals surface area contributed by atoms with E-state index in [0.717, 1.165) is 5.56 Å². The highest BCUT2D eigenvalue weighted by molar-refractivity contribution is 5.92. The Morgan fingerprint density at radius 2 is 2.04 bits per heavy atom. The molecule has 0 spiro atoms. The predicted octanol–water partition coefficient (Wildman–Crippen LogP) is 1.23. The van der Waals surface area contributed by atoms with Gasteiger partial charge >= 0.3 is 0 Å². The summed E-state index contributed by atoms with van der Waals surface area (Å²) in [5.41, 5.74) is 19.3. The predicted molar refractivity (Wildman–Crippen MR) is 98.8 cm³/mol. The van der Waals surface area contributed by atoms with Crippen LogP contribution in [0.5, 0.6) is 0 Å². The second-order valence-corrected chi connectivity index (χ2v) is 5.79. The Kier molecular flexibility index (Phi) is 4.62. The molecule has 0 bridgehead atoms. The van der Waals surface area contributed by atoms with Crippen LogP contribution in [0.25, 0.3) is 11.2 Å². The van der Waals surface area contributed by atoms with Gasteiger partial charge in [0.15, 0.2) is 17.0 Å². The molecule has 0 aliphatic heterocycles. The average Bonchev–Trinajstić information content (AvgIpc) is 2.62. The third-order valence-electron chi connectivity index (χ3n) is 3.82. The molecule has 26 heavy (non-hydrogen) atoms. The zero-order valence-electron chi connectivity index (χ0n) is 14.1. The van der Waals surface area contributed by atoms with E-state index in [4.69, 9.17) is 17.2 Å². The molecule has 130 valence electrons. The molecule has 0 fully saturated rings. The van der Waals surface area contributed by atoms with Gasteiger partial charge in [0.2, 0.25) is 11.9 Å². The second-order valence-electron chi connectivity index (χ2n) is 5.79.